The molecule has 1 aromatic carbocycles. The topological polar surface area (TPSA) is 172 Å². The number of benzene rings is 1. The van der Waals surface area contributed by atoms with Crippen LogP contribution in [0, 0.1) is 18.3 Å². The molecule has 0 aliphatic rings. The number of anilines is 2. The Bertz CT molecular complexity index is 1460. The SMILES string of the molecule is C=CS(=O)(=O)CCNc1nc(NCCCOC)c(N=Nc2cc(S(=O)(=O)C=C)ccc2OC)c(C)c1C#N. The number of methoxy groups -OCH3 is 2. The second kappa shape index (κ2) is 13.7. The molecule has 0 aliphatic carbocycles. The number of hydrogen-bond acceptors (Lipinski definition) is 12. The Morgan fingerprint density at radius 3 is 2.39 bits per heavy atom. The maximum absolute atomic E-state index is 12.2. The van der Waals surface area contributed by atoms with Gasteiger partial charge in [-0.3, -0.25) is 0 Å². The minimum absolute atomic E-state index is 0.00121. The molecule has 12 nitrogen and oxygen atoms in total. The Hall–Kier alpha value is -3.80. The fourth-order valence-corrected chi connectivity index (χ4v) is 4.43. The third kappa shape index (κ3) is 7.85. The molecule has 1 heterocycles. The Morgan fingerprint density at radius 1 is 1.08 bits per heavy atom. The van der Waals surface area contributed by atoms with E-state index < -0.39 is 19.7 Å². The summed E-state index contributed by atoms with van der Waals surface area (Å²) in [6.07, 6.45) is 0.642. The fourth-order valence-electron chi connectivity index (χ4n) is 3.15. The number of nitriles is 1. The lowest BCUT2D eigenvalue weighted by molar-refractivity contribution is 0.198. The van der Waals surface area contributed by atoms with Gasteiger partial charge in [0.15, 0.2) is 25.5 Å². The van der Waals surface area contributed by atoms with E-state index in [9.17, 15) is 22.1 Å². The predicted molar refractivity (Wildman–Crippen MR) is 146 cm³/mol. The number of nitrogens with one attached hydrogen (secondary N) is 2. The summed E-state index contributed by atoms with van der Waals surface area (Å²) in [6, 6.07) is 6.18. The summed E-state index contributed by atoms with van der Waals surface area (Å²) in [6.45, 7) is 9.22. The average Bonchev–Trinajstić information content (AvgIpc) is 2.90. The van der Waals surface area contributed by atoms with Crippen molar-refractivity contribution in [2.45, 2.75) is 18.2 Å². The lowest BCUT2D eigenvalue weighted by Crippen LogP contribution is -2.16. The first-order valence-electron chi connectivity index (χ1n) is 11.3. The molecule has 38 heavy (non-hydrogen) atoms. The van der Waals surface area contributed by atoms with E-state index in [1.165, 1.54) is 25.3 Å². The summed E-state index contributed by atoms with van der Waals surface area (Å²) in [7, 11) is -4.19. The number of pyridine rings is 1. The number of sulfone groups is 2. The van der Waals surface area contributed by atoms with Gasteiger partial charge >= 0.3 is 0 Å². The van der Waals surface area contributed by atoms with Crippen molar-refractivity contribution in [2.24, 2.45) is 10.2 Å². The van der Waals surface area contributed by atoms with Gasteiger partial charge in [-0.2, -0.15) is 5.26 Å². The highest BCUT2D eigenvalue weighted by Gasteiger charge is 2.19. The van der Waals surface area contributed by atoms with Gasteiger partial charge in [-0.05, 0) is 31.5 Å². The third-order valence-electron chi connectivity index (χ3n) is 5.23. The van der Waals surface area contributed by atoms with Crippen LogP contribution in [0.5, 0.6) is 5.75 Å². The van der Waals surface area contributed by atoms with Crippen molar-refractivity contribution in [3.05, 3.63) is 53.3 Å². The Balaban J connectivity index is 2.58. The van der Waals surface area contributed by atoms with Gasteiger partial charge in [-0.25, -0.2) is 21.8 Å². The quantitative estimate of drug-likeness (QED) is 0.238. The average molecular weight is 563 g/mol. The van der Waals surface area contributed by atoms with Crippen LogP contribution in [0.3, 0.4) is 0 Å². The van der Waals surface area contributed by atoms with Crippen molar-refractivity contribution in [1.29, 1.82) is 5.26 Å². The fraction of sp³-hybridized carbons (Fsp3) is 0.333. The summed E-state index contributed by atoms with van der Waals surface area (Å²) >= 11 is 0. The van der Waals surface area contributed by atoms with Crippen molar-refractivity contribution >= 4 is 42.7 Å². The molecule has 2 rings (SSSR count). The lowest BCUT2D eigenvalue weighted by atomic mass is 10.1. The zero-order chi connectivity index (χ0) is 28.3. The highest BCUT2D eigenvalue weighted by Crippen LogP contribution is 2.37. The number of ether oxygens (including phenoxy) is 2. The summed E-state index contributed by atoms with van der Waals surface area (Å²) < 4.78 is 58.4. The van der Waals surface area contributed by atoms with Crippen LogP contribution >= 0.6 is 0 Å². The van der Waals surface area contributed by atoms with Crippen LogP contribution in [-0.2, 0) is 24.4 Å². The van der Waals surface area contributed by atoms with Crippen LogP contribution < -0.4 is 15.4 Å². The Labute approximate surface area is 222 Å². The molecule has 0 atom stereocenters. The van der Waals surface area contributed by atoms with Crippen LogP contribution in [0.4, 0.5) is 23.0 Å². The molecule has 2 N–H and O–H groups in total. The van der Waals surface area contributed by atoms with Crippen LogP contribution in [0.15, 0.2) is 57.3 Å². The molecule has 204 valence electrons. The van der Waals surface area contributed by atoms with Crippen molar-refractivity contribution in [2.75, 3.05) is 50.3 Å². The highest BCUT2D eigenvalue weighted by molar-refractivity contribution is 7.94. The number of aromatic nitrogens is 1. The lowest BCUT2D eigenvalue weighted by Gasteiger charge is -2.15. The van der Waals surface area contributed by atoms with Crippen LogP contribution in [0.1, 0.15) is 17.5 Å². The molecule has 0 spiro atoms. The molecule has 0 fully saturated rings. The van der Waals surface area contributed by atoms with Gasteiger partial charge in [0.25, 0.3) is 0 Å². The van der Waals surface area contributed by atoms with E-state index in [0.717, 1.165) is 10.8 Å². The minimum Gasteiger partial charge on any atom is -0.494 e. The number of hydrogen-bond donors (Lipinski definition) is 2. The molecule has 0 bridgehead atoms. The van der Waals surface area contributed by atoms with E-state index >= 15 is 0 Å². The Kier molecular flexibility index (Phi) is 10.9. The van der Waals surface area contributed by atoms with Crippen molar-refractivity contribution in [3.63, 3.8) is 0 Å². The first-order valence-corrected chi connectivity index (χ1v) is 14.5. The monoisotopic (exact) mass is 562 g/mol. The maximum Gasteiger partial charge on any atom is 0.199 e. The van der Waals surface area contributed by atoms with E-state index in [-0.39, 0.29) is 51.5 Å². The van der Waals surface area contributed by atoms with Gasteiger partial charge in [0.05, 0.1) is 23.3 Å². The Morgan fingerprint density at radius 2 is 1.79 bits per heavy atom. The number of nitrogens with zero attached hydrogens (tertiary/aromatic N) is 4. The van der Waals surface area contributed by atoms with E-state index in [1.54, 1.807) is 14.0 Å². The van der Waals surface area contributed by atoms with E-state index in [1.807, 2.05) is 0 Å². The van der Waals surface area contributed by atoms with Gasteiger partial charge in [-0.1, -0.05) is 13.2 Å². The highest BCUT2D eigenvalue weighted by atomic mass is 32.2. The second-order valence-electron chi connectivity index (χ2n) is 7.75. The van der Waals surface area contributed by atoms with Crippen molar-refractivity contribution < 1.29 is 26.3 Å². The molecule has 1 aromatic heterocycles. The van der Waals surface area contributed by atoms with Crippen LogP contribution in [-0.4, -0.2) is 61.5 Å². The summed E-state index contributed by atoms with van der Waals surface area (Å²) in [5, 5.41) is 26.1. The van der Waals surface area contributed by atoms with E-state index in [2.05, 4.69) is 45.1 Å². The molecule has 0 radical (unpaired) electrons. The first kappa shape index (κ1) is 30.4. The molecular formula is C24H30N6O6S2. The summed E-state index contributed by atoms with van der Waals surface area (Å²) in [5.74, 6) is 0.502. The zero-order valence-electron chi connectivity index (χ0n) is 21.4. The maximum atomic E-state index is 12.2. The van der Waals surface area contributed by atoms with Crippen LogP contribution in [0.25, 0.3) is 0 Å². The predicted octanol–water partition coefficient (Wildman–Crippen LogP) is 4.02. The van der Waals surface area contributed by atoms with Gasteiger partial charge in [0.2, 0.25) is 0 Å². The molecule has 0 amide bonds. The number of rotatable bonds is 15. The molecule has 0 unspecified atom stereocenters. The van der Waals surface area contributed by atoms with Gasteiger partial charge in [-0.15, -0.1) is 10.2 Å². The van der Waals surface area contributed by atoms with Crippen LogP contribution in [0.2, 0.25) is 0 Å². The normalized spacial score (nSPS) is 11.6. The van der Waals surface area contributed by atoms with Gasteiger partial charge in [0.1, 0.15) is 29.0 Å². The zero-order valence-corrected chi connectivity index (χ0v) is 23.0. The molecule has 0 aliphatic heterocycles. The summed E-state index contributed by atoms with van der Waals surface area (Å²) in [4.78, 5) is 4.43. The molecule has 2 aromatic rings. The standard InChI is InChI=1S/C24H30N6O6S2/c1-6-37(31,32)14-12-27-23-19(16-25)17(3)22(24(28-23)26-11-8-13-35-4)30-29-20-15-18(38(33,34)7-2)9-10-21(20)36-5/h6-7,9-10,15H,1-2,8,11-14H2,3-5H3,(H2,26,27,28). The van der Waals surface area contributed by atoms with Crippen molar-refractivity contribution in [3.8, 4) is 11.8 Å². The first-order chi connectivity index (χ1) is 18.0. The van der Waals surface area contributed by atoms with E-state index in [4.69, 9.17) is 9.47 Å². The number of azo groups is 1. The molecule has 0 saturated carbocycles. The molecule has 14 heteroatoms. The summed E-state index contributed by atoms with van der Waals surface area (Å²) in [5.41, 5.74) is 0.938. The molecule has 0 saturated heterocycles. The second-order valence-corrected chi connectivity index (χ2v) is 11.7. The van der Waals surface area contributed by atoms with Gasteiger partial charge < -0.3 is 20.1 Å². The third-order valence-corrected chi connectivity index (χ3v) is 7.86. The van der Waals surface area contributed by atoms with Crippen molar-refractivity contribution in [1.82, 2.24) is 4.98 Å². The smallest absolute Gasteiger partial charge is 0.199 e. The van der Waals surface area contributed by atoms with Gasteiger partial charge in [0, 0.05) is 43.2 Å². The largest absolute Gasteiger partial charge is 0.494 e. The minimum atomic E-state index is -3.73. The molecular weight excluding hydrogens is 532 g/mol. The van der Waals surface area contributed by atoms with E-state index in [0.29, 0.717) is 25.1 Å².